The number of benzene rings is 2. The lowest BCUT2D eigenvalue weighted by Gasteiger charge is -2.14. The van der Waals surface area contributed by atoms with E-state index in [0.29, 0.717) is 23.5 Å². The Morgan fingerprint density at radius 3 is 2.23 bits per heavy atom. The van der Waals surface area contributed by atoms with Crippen LogP contribution in [0.15, 0.2) is 40.9 Å². The highest BCUT2D eigenvalue weighted by molar-refractivity contribution is 9.10. The van der Waals surface area contributed by atoms with Crippen LogP contribution in [-0.2, 0) is 9.59 Å². The number of amides is 2. The fourth-order valence-corrected chi connectivity index (χ4v) is 2.84. The highest BCUT2D eigenvalue weighted by atomic mass is 79.9. The Morgan fingerprint density at radius 1 is 1.00 bits per heavy atom. The van der Waals surface area contributed by atoms with Gasteiger partial charge in [0.15, 0.2) is 6.61 Å². The summed E-state index contributed by atoms with van der Waals surface area (Å²) in [4.78, 5) is 24.1. The van der Waals surface area contributed by atoms with Gasteiger partial charge in [-0.3, -0.25) is 9.59 Å². The summed E-state index contributed by atoms with van der Waals surface area (Å²) in [6.45, 7) is 5.72. The number of halogens is 1. The third-order valence-corrected chi connectivity index (χ3v) is 4.62. The molecule has 138 valence electrons. The number of carbonyl (C=O) groups is 2. The van der Waals surface area contributed by atoms with Crippen molar-refractivity contribution in [3.8, 4) is 5.75 Å². The normalized spacial score (nSPS) is 10.3. The summed E-state index contributed by atoms with van der Waals surface area (Å²) in [5.41, 5.74) is 3.11. The molecule has 2 rings (SSSR count). The zero-order valence-corrected chi connectivity index (χ0v) is 16.8. The molecule has 5 nitrogen and oxygen atoms in total. The van der Waals surface area contributed by atoms with Crippen LogP contribution in [0.2, 0.25) is 0 Å². The minimum Gasteiger partial charge on any atom is -0.483 e. The van der Waals surface area contributed by atoms with Crippen LogP contribution in [0.4, 0.5) is 11.4 Å². The molecule has 0 aliphatic rings. The van der Waals surface area contributed by atoms with Crippen molar-refractivity contribution in [1.29, 1.82) is 0 Å². The second kappa shape index (κ2) is 9.38. The van der Waals surface area contributed by atoms with E-state index in [1.807, 2.05) is 39.0 Å². The summed E-state index contributed by atoms with van der Waals surface area (Å²) in [6, 6.07) is 11.0. The first kappa shape index (κ1) is 20.0. The van der Waals surface area contributed by atoms with Crippen molar-refractivity contribution in [1.82, 2.24) is 0 Å². The second-order valence-electron chi connectivity index (χ2n) is 6.05. The van der Waals surface area contributed by atoms with Crippen molar-refractivity contribution >= 4 is 39.1 Å². The first-order chi connectivity index (χ1) is 12.4. The molecule has 2 aromatic carbocycles. The van der Waals surface area contributed by atoms with Crippen molar-refractivity contribution in [2.24, 2.45) is 0 Å². The molecule has 0 aromatic heterocycles. The molecule has 2 N–H and O–H groups in total. The number of hydrogen-bond acceptors (Lipinski definition) is 3. The highest BCUT2D eigenvalue weighted by Gasteiger charge is 2.11. The van der Waals surface area contributed by atoms with Crippen LogP contribution in [-0.4, -0.2) is 18.4 Å². The van der Waals surface area contributed by atoms with Crippen molar-refractivity contribution in [2.75, 3.05) is 17.2 Å². The molecule has 6 heteroatoms. The molecular formula is C20H23BrN2O3. The Morgan fingerprint density at radius 2 is 1.62 bits per heavy atom. The molecule has 0 atom stereocenters. The van der Waals surface area contributed by atoms with Crippen molar-refractivity contribution in [2.45, 2.75) is 33.6 Å². The van der Waals surface area contributed by atoms with Gasteiger partial charge in [0.1, 0.15) is 5.75 Å². The maximum absolute atomic E-state index is 12.3. The summed E-state index contributed by atoms with van der Waals surface area (Å²) >= 11 is 3.47. The Kier molecular flexibility index (Phi) is 7.21. The fraction of sp³-hybridized carbons (Fsp3) is 0.300. The van der Waals surface area contributed by atoms with Crippen LogP contribution in [0.3, 0.4) is 0 Å². The van der Waals surface area contributed by atoms with Gasteiger partial charge in [-0.25, -0.2) is 0 Å². The molecular weight excluding hydrogens is 396 g/mol. The molecule has 0 heterocycles. The standard InChI is InChI=1S/C20H23BrN2O3/c1-4-7-19(24)22-16-8-5-6-9-17(16)23-20(25)12-26-18-11-13(2)15(21)10-14(18)3/h5-6,8-11H,4,7,12H2,1-3H3,(H,22,24)(H,23,25). The number of anilines is 2. The Hall–Kier alpha value is -2.34. The van der Waals surface area contributed by atoms with Gasteiger partial charge in [-0.15, -0.1) is 0 Å². The average molecular weight is 419 g/mol. The Labute approximate surface area is 162 Å². The lowest BCUT2D eigenvalue weighted by Crippen LogP contribution is -2.22. The van der Waals surface area contributed by atoms with Crippen LogP contribution >= 0.6 is 15.9 Å². The van der Waals surface area contributed by atoms with Gasteiger partial charge < -0.3 is 15.4 Å². The van der Waals surface area contributed by atoms with Gasteiger partial charge in [0.2, 0.25) is 5.91 Å². The zero-order chi connectivity index (χ0) is 19.1. The third kappa shape index (κ3) is 5.59. The van der Waals surface area contributed by atoms with Gasteiger partial charge in [-0.2, -0.15) is 0 Å². The number of ether oxygens (including phenoxy) is 1. The summed E-state index contributed by atoms with van der Waals surface area (Å²) < 4.78 is 6.65. The zero-order valence-electron chi connectivity index (χ0n) is 15.2. The van der Waals surface area contributed by atoms with Crippen molar-refractivity contribution in [3.05, 3.63) is 52.0 Å². The van der Waals surface area contributed by atoms with E-state index in [1.165, 1.54) is 0 Å². The van der Waals surface area contributed by atoms with Gasteiger partial charge in [-0.05, 0) is 55.7 Å². The maximum atomic E-state index is 12.3. The first-order valence-electron chi connectivity index (χ1n) is 8.49. The lowest BCUT2D eigenvalue weighted by atomic mass is 10.1. The molecule has 2 aromatic rings. The minimum absolute atomic E-state index is 0.0774. The van der Waals surface area contributed by atoms with Gasteiger partial charge in [-0.1, -0.05) is 35.0 Å². The molecule has 0 aliphatic heterocycles. The molecule has 0 aliphatic carbocycles. The van der Waals surface area contributed by atoms with E-state index in [1.54, 1.807) is 18.2 Å². The monoisotopic (exact) mass is 418 g/mol. The third-order valence-electron chi connectivity index (χ3n) is 3.77. The van der Waals surface area contributed by atoms with E-state index in [9.17, 15) is 9.59 Å². The Bertz CT molecular complexity index is 806. The number of rotatable bonds is 7. The van der Waals surface area contributed by atoms with Crippen LogP contribution < -0.4 is 15.4 Å². The van der Waals surface area contributed by atoms with Gasteiger partial charge in [0.05, 0.1) is 11.4 Å². The van der Waals surface area contributed by atoms with Crippen LogP contribution in [0.1, 0.15) is 30.9 Å². The lowest BCUT2D eigenvalue weighted by molar-refractivity contribution is -0.118. The molecule has 0 saturated heterocycles. The van der Waals surface area contributed by atoms with E-state index in [0.717, 1.165) is 22.0 Å². The number of carbonyl (C=O) groups excluding carboxylic acids is 2. The quantitative estimate of drug-likeness (QED) is 0.676. The van der Waals surface area contributed by atoms with Gasteiger partial charge >= 0.3 is 0 Å². The average Bonchev–Trinajstić information content (AvgIpc) is 2.59. The molecule has 0 radical (unpaired) electrons. The maximum Gasteiger partial charge on any atom is 0.262 e. The largest absolute Gasteiger partial charge is 0.483 e. The SMILES string of the molecule is CCCC(=O)Nc1ccccc1NC(=O)COc1cc(C)c(Br)cc1C. The molecule has 0 spiro atoms. The van der Waals surface area contributed by atoms with Gasteiger partial charge in [0, 0.05) is 10.9 Å². The molecule has 2 amide bonds. The van der Waals surface area contributed by atoms with Crippen LogP contribution in [0.5, 0.6) is 5.75 Å². The van der Waals surface area contributed by atoms with Crippen LogP contribution in [0, 0.1) is 13.8 Å². The van der Waals surface area contributed by atoms with E-state index >= 15 is 0 Å². The summed E-state index contributed by atoms with van der Waals surface area (Å²) in [7, 11) is 0. The molecule has 0 unspecified atom stereocenters. The molecule has 0 fully saturated rings. The highest BCUT2D eigenvalue weighted by Crippen LogP contribution is 2.26. The smallest absolute Gasteiger partial charge is 0.262 e. The predicted molar refractivity (Wildman–Crippen MR) is 108 cm³/mol. The van der Waals surface area contributed by atoms with Crippen molar-refractivity contribution < 1.29 is 14.3 Å². The van der Waals surface area contributed by atoms with E-state index in [2.05, 4.69) is 26.6 Å². The van der Waals surface area contributed by atoms with E-state index in [4.69, 9.17) is 4.74 Å². The fourth-order valence-electron chi connectivity index (χ4n) is 2.38. The minimum atomic E-state index is -0.290. The first-order valence-corrected chi connectivity index (χ1v) is 9.28. The predicted octanol–water partition coefficient (Wildman–Crippen LogP) is 4.82. The van der Waals surface area contributed by atoms with Gasteiger partial charge in [0.25, 0.3) is 5.91 Å². The number of aryl methyl sites for hydroxylation is 2. The van der Waals surface area contributed by atoms with E-state index < -0.39 is 0 Å². The number of nitrogens with one attached hydrogen (secondary N) is 2. The summed E-state index contributed by atoms with van der Waals surface area (Å²) in [5, 5.41) is 5.60. The Balaban J connectivity index is 2.00. The van der Waals surface area contributed by atoms with E-state index in [-0.39, 0.29) is 18.4 Å². The second-order valence-corrected chi connectivity index (χ2v) is 6.90. The topological polar surface area (TPSA) is 67.4 Å². The number of hydrogen-bond donors (Lipinski definition) is 2. The van der Waals surface area contributed by atoms with Crippen LogP contribution in [0.25, 0.3) is 0 Å². The number of para-hydroxylation sites is 2. The molecule has 0 saturated carbocycles. The summed E-state index contributed by atoms with van der Waals surface area (Å²) in [6.07, 6.45) is 1.20. The summed E-state index contributed by atoms with van der Waals surface area (Å²) in [5.74, 6) is 0.305. The molecule has 26 heavy (non-hydrogen) atoms. The van der Waals surface area contributed by atoms with Crippen molar-refractivity contribution in [3.63, 3.8) is 0 Å². The molecule has 0 bridgehead atoms.